The van der Waals surface area contributed by atoms with Crippen LogP contribution in [0, 0.1) is 13.8 Å². The lowest BCUT2D eigenvalue weighted by molar-refractivity contribution is 0.748. The van der Waals surface area contributed by atoms with Gasteiger partial charge in [-0.3, -0.25) is 0 Å². The third-order valence-electron chi connectivity index (χ3n) is 3.50. The first kappa shape index (κ1) is 16.7. The average molecular weight is 387 g/mol. The topological polar surface area (TPSA) is 12.0 Å². The maximum atomic E-state index is 6.34. The lowest BCUT2D eigenvalue weighted by Gasteiger charge is -2.22. The van der Waals surface area contributed by atoms with Gasteiger partial charge in [-0.2, -0.15) is 0 Å². The number of nitrogens with one attached hydrogen (secondary N) is 1. The highest BCUT2D eigenvalue weighted by Crippen LogP contribution is 2.35. The molecule has 0 aliphatic rings. The van der Waals surface area contributed by atoms with E-state index in [1.54, 1.807) is 6.07 Å². The maximum Gasteiger partial charge on any atom is 0.0526 e. The minimum absolute atomic E-state index is 0.146. The van der Waals surface area contributed by atoms with Crippen LogP contribution in [0.4, 0.5) is 5.69 Å². The van der Waals surface area contributed by atoms with Crippen LogP contribution in [0.25, 0.3) is 0 Å². The van der Waals surface area contributed by atoms with Crippen molar-refractivity contribution in [2.24, 2.45) is 0 Å². The average Bonchev–Trinajstić information content (AvgIpc) is 2.39. The Kier molecular flexibility index (Phi) is 5.59. The molecule has 4 heteroatoms. The van der Waals surface area contributed by atoms with Crippen molar-refractivity contribution in [3.8, 4) is 0 Å². The van der Waals surface area contributed by atoms with Crippen LogP contribution in [0.2, 0.25) is 10.0 Å². The van der Waals surface area contributed by atoms with Gasteiger partial charge in [-0.1, -0.05) is 42.3 Å². The first-order chi connectivity index (χ1) is 9.92. The molecule has 2 aromatic carbocycles. The van der Waals surface area contributed by atoms with E-state index in [0.717, 1.165) is 22.1 Å². The van der Waals surface area contributed by atoms with E-state index in [9.17, 15) is 0 Å². The zero-order valence-corrected chi connectivity index (χ0v) is 15.4. The van der Waals surface area contributed by atoms with Crippen molar-refractivity contribution in [3.05, 3.63) is 61.5 Å². The summed E-state index contributed by atoms with van der Waals surface area (Å²) in [5.41, 5.74) is 4.63. The number of benzene rings is 2. The molecule has 0 radical (unpaired) electrons. The summed E-state index contributed by atoms with van der Waals surface area (Å²) >= 11 is 16.0. The van der Waals surface area contributed by atoms with Crippen LogP contribution >= 0.6 is 39.1 Å². The highest BCUT2D eigenvalue weighted by molar-refractivity contribution is 9.10. The van der Waals surface area contributed by atoms with Crippen molar-refractivity contribution in [3.63, 3.8) is 0 Å². The van der Waals surface area contributed by atoms with Gasteiger partial charge in [-0.25, -0.2) is 0 Å². The molecular formula is C17H18BrCl2N. The fourth-order valence-corrected chi connectivity index (χ4v) is 3.79. The summed E-state index contributed by atoms with van der Waals surface area (Å²) in [6.07, 6.45) is 0.932. The smallest absolute Gasteiger partial charge is 0.0526 e. The van der Waals surface area contributed by atoms with Gasteiger partial charge >= 0.3 is 0 Å². The fourth-order valence-electron chi connectivity index (χ4n) is 2.46. The standard InChI is InChI=1S/C17H18BrCl2N/c1-4-16(13-6-5-12(19)9-15(13)20)21-17-11(3)7-10(2)8-14(17)18/h5-9,16,21H,4H2,1-3H3. The van der Waals surface area contributed by atoms with E-state index in [0.29, 0.717) is 10.0 Å². The Hall–Kier alpha value is -0.700. The van der Waals surface area contributed by atoms with Crippen molar-refractivity contribution in [1.29, 1.82) is 0 Å². The predicted octanol–water partition coefficient (Wildman–Crippen LogP) is 6.94. The summed E-state index contributed by atoms with van der Waals surface area (Å²) in [6.45, 7) is 6.34. The molecule has 0 saturated carbocycles. The first-order valence-corrected chi connectivity index (χ1v) is 8.45. The minimum atomic E-state index is 0.146. The normalized spacial score (nSPS) is 12.3. The van der Waals surface area contributed by atoms with E-state index in [4.69, 9.17) is 23.2 Å². The molecule has 0 bridgehead atoms. The highest BCUT2D eigenvalue weighted by atomic mass is 79.9. The molecule has 0 aliphatic carbocycles. The highest BCUT2D eigenvalue weighted by Gasteiger charge is 2.15. The molecule has 0 spiro atoms. The fraction of sp³-hybridized carbons (Fsp3) is 0.294. The summed E-state index contributed by atoms with van der Waals surface area (Å²) < 4.78 is 1.07. The predicted molar refractivity (Wildman–Crippen MR) is 96.7 cm³/mol. The number of aryl methyl sites for hydroxylation is 2. The minimum Gasteiger partial charge on any atom is -0.377 e. The Morgan fingerprint density at radius 2 is 1.86 bits per heavy atom. The van der Waals surface area contributed by atoms with Gasteiger partial charge in [0.2, 0.25) is 0 Å². The third kappa shape index (κ3) is 3.94. The van der Waals surface area contributed by atoms with E-state index in [1.807, 2.05) is 12.1 Å². The van der Waals surface area contributed by atoms with Crippen molar-refractivity contribution >= 4 is 44.8 Å². The number of halogens is 3. The molecule has 21 heavy (non-hydrogen) atoms. The number of hydrogen-bond donors (Lipinski definition) is 1. The van der Waals surface area contributed by atoms with Gasteiger partial charge in [0.15, 0.2) is 0 Å². The largest absolute Gasteiger partial charge is 0.377 e. The van der Waals surface area contributed by atoms with Gasteiger partial charge in [-0.05, 0) is 71.1 Å². The molecular weight excluding hydrogens is 369 g/mol. The van der Waals surface area contributed by atoms with Crippen molar-refractivity contribution in [2.45, 2.75) is 33.2 Å². The first-order valence-electron chi connectivity index (χ1n) is 6.90. The lowest BCUT2D eigenvalue weighted by Crippen LogP contribution is -2.11. The monoisotopic (exact) mass is 385 g/mol. The maximum absolute atomic E-state index is 6.34. The van der Waals surface area contributed by atoms with Crippen molar-refractivity contribution < 1.29 is 0 Å². The van der Waals surface area contributed by atoms with Gasteiger partial charge in [-0.15, -0.1) is 0 Å². The second kappa shape index (κ2) is 7.04. The Labute approximate surface area is 144 Å². The van der Waals surface area contributed by atoms with Gasteiger partial charge in [0, 0.05) is 14.5 Å². The van der Waals surface area contributed by atoms with Crippen molar-refractivity contribution in [1.82, 2.24) is 0 Å². The summed E-state index contributed by atoms with van der Waals surface area (Å²) in [6, 6.07) is 10.1. The Balaban J connectivity index is 2.36. The Morgan fingerprint density at radius 1 is 1.14 bits per heavy atom. The molecule has 1 atom stereocenters. The molecule has 2 aromatic rings. The zero-order valence-electron chi connectivity index (χ0n) is 12.3. The van der Waals surface area contributed by atoms with Crippen LogP contribution in [-0.4, -0.2) is 0 Å². The molecule has 112 valence electrons. The molecule has 1 unspecified atom stereocenters. The number of rotatable bonds is 4. The van der Waals surface area contributed by atoms with Crippen LogP contribution in [0.3, 0.4) is 0 Å². The Morgan fingerprint density at radius 3 is 2.43 bits per heavy atom. The van der Waals surface area contributed by atoms with Crippen LogP contribution in [0.15, 0.2) is 34.8 Å². The molecule has 0 aliphatic heterocycles. The van der Waals surface area contributed by atoms with Gasteiger partial charge < -0.3 is 5.32 Å². The molecule has 0 amide bonds. The molecule has 2 rings (SSSR count). The van der Waals surface area contributed by atoms with Crippen LogP contribution in [-0.2, 0) is 0 Å². The summed E-state index contributed by atoms with van der Waals surface area (Å²) in [4.78, 5) is 0. The van der Waals surface area contributed by atoms with Crippen LogP contribution < -0.4 is 5.32 Å². The molecule has 0 heterocycles. The van der Waals surface area contributed by atoms with Crippen molar-refractivity contribution in [2.75, 3.05) is 5.32 Å². The second-order valence-corrected chi connectivity index (χ2v) is 6.91. The zero-order chi connectivity index (χ0) is 15.6. The molecule has 0 fully saturated rings. The summed E-state index contributed by atoms with van der Waals surface area (Å²) in [5, 5.41) is 4.95. The van der Waals surface area contributed by atoms with E-state index >= 15 is 0 Å². The molecule has 0 saturated heterocycles. The van der Waals surface area contributed by atoms with E-state index < -0.39 is 0 Å². The Bertz CT molecular complexity index is 632. The summed E-state index contributed by atoms with van der Waals surface area (Å²) in [7, 11) is 0. The molecule has 1 N–H and O–H groups in total. The van der Waals surface area contributed by atoms with Crippen LogP contribution in [0.1, 0.15) is 36.1 Å². The lowest BCUT2D eigenvalue weighted by atomic mass is 10.0. The SMILES string of the molecule is CCC(Nc1c(C)cc(C)cc1Br)c1ccc(Cl)cc1Cl. The molecule has 1 nitrogen and oxygen atoms in total. The van der Waals surface area contributed by atoms with E-state index in [1.165, 1.54) is 11.1 Å². The van der Waals surface area contributed by atoms with Gasteiger partial charge in [0.1, 0.15) is 0 Å². The number of hydrogen-bond acceptors (Lipinski definition) is 1. The van der Waals surface area contributed by atoms with Crippen LogP contribution in [0.5, 0.6) is 0 Å². The summed E-state index contributed by atoms with van der Waals surface area (Å²) in [5.74, 6) is 0. The van der Waals surface area contributed by atoms with E-state index in [2.05, 4.69) is 54.2 Å². The molecule has 0 aromatic heterocycles. The second-order valence-electron chi connectivity index (χ2n) is 5.21. The quantitative estimate of drug-likeness (QED) is 0.600. The number of anilines is 1. The van der Waals surface area contributed by atoms with Gasteiger partial charge in [0.05, 0.1) is 11.7 Å². The third-order valence-corrected chi connectivity index (χ3v) is 4.68. The van der Waals surface area contributed by atoms with E-state index in [-0.39, 0.29) is 6.04 Å². The van der Waals surface area contributed by atoms with Gasteiger partial charge in [0.25, 0.3) is 0 Å².